The number of aliphatic hydroxyl groups excluding tert-OH is 1. The molecule has 130 valence electrons. The van der Waals surface area contributed by atoms with Crippen molar-refractivity contribution >= 4 is 19.2 Å². The molecule has 0 saturated carbocycles. The lowest BCUT2D eigenvalue weighted by atomic mass is 9.77. The second kappa shape index (κ2) is 6.59. The predicted molar refractivity (Wildman–Crippen MR) is 91.1 cm³/mol. The van der Waals surface area contributed by atoms with Crippen molar-refractivity contribution < 1.29 is 29.1 Å². The van der Waals surface area contributed by atoms with Crippen molar-refractivity contribution in [3.05, 3.63) is 34.8 Å². The summed E-state index contributed by atoms with van der Waals surface area (Å²) >= 11 is 0. The Hall–Kier alpha value is -1.83. The van der Waals surface area contributed by atoms with Crippen molar-refractivity contribution in [3.63, 3.8) is 0 Å². The van der Waals surface area contributed by atoms with E-state index in [0.29, 0.717) is 16.8 Å². The molecule has 0 spiro atoms. The van der Waals surface area contributed by atoms with E-state index in [0.717, 1.165) is 0 Å². The molecular formula is C17H23BO6. The fraction of sp³-hybridized carbons (Fsp3) is 0.471. The zero-order chi connectivity index (χ0) is 18.1. The molecule has 0 aromatic heterocycles. The molecule has 0 aliphatic carbocycles. The van der Waals surface area contributed by atoms with Gasteiger partial charge in [-0.2, -0.15) is 0 Å². The van der Waals surface area contributed by atoms with Crippen molar-refractivity contribution in [2.75, 3.05) is 13.7 Å². The molecule has 0 amide bonds. The van der Waals surface area contributed by atoms with E-state index in [9.17, 15) is 15.0 Å². The Labute approximate surface area is 142 Å². The lowest BCUT2D eigenvalue weighted by Gasteiger charge is -2.32. The van der Waals surface area contributed by atoms with Crippen molar-refractivity contribution in [3.8, 4) is 5.75 Å². The van der Waals surface area contributed by atoms with Gasteiger partial charge in [0.1, 0.15) is 5.75 Å². The topological polar surface area (TPSA) is 85.2 Å². The fourth-order valence-electron chi connectivity index (χ4n) is 2.34. The highest BCUT2D eigenvalue weighted by Gasteiger charge is 2.52. The molecule has 1 aromatic rings. The molecule has 1 aliphatic rings. The third kappa shape index (κ3) is 3.63. The maximum absolute atomic E-state index is 11.2. The van der Waals surface area contributed by atoms with Gasteiger partial charge in [0.2, 0.25) is 0 Å². The highest BCUT2D eigenvalue weighted by atomic mass is 16.7. The third-order valence-electron chi connectivity index (χ3n) is 4.50. The Morgan fingerprint density at radius 3 is 2.25 bits per heavy atom. The van der Waals surface area contributed by atoms with Crippen LogP contribution in [0.5, 0.6) is 5.75 Å². The molecule has 1 fully saturated rings. The molecule has 2 N–H and O–H groups in total. The van der Waals surface area contributed by atoms with E-state index in [2.05, 4.69) is 0 Å². The number of carboxylic acid groups (broad SMARTS) is 1. The summed E-state index contributed by atoms with van der Waals surface area (Å²) in [6.07, 6.45) is 1.66. The zero-order valence-electron chi connectivity index (χ0n) is 14.6. The highest BCUT2D eigenvalue weighted by molar-refractivity contribution is 6.55. The summed E-state index contributed by atoms with van der Waals surface area (Å²) in [6.45, 7) is 7.44. The number of hydrogen-bond donors (Lipinski definition) is 2. The molecule has 0 atom stereocenters. The number of carbonyl (C=O) groups is 1. The first-order chi connectivity index (χ1) is 11.1. The van der Waals surface area contributed by atoms with Gasteiger partial charge in [-0.15, -0.1) is 0 Å². The average Bonchev–Trinajstić information content (AvgIpc) is 2.72. The largest absolute Gasteiger partial charge is 0.497 e. The minimum atomic E-state index is -1.05. The minimum Gasteiger partial charge on any atom is -0.497 e. The van der Waals surface area contributed by atoms with Crippen LogP contribution >= 0.6 is 0 Å². The summed E-state index contributed by atoms with van der Waals surface area (Å²) in [5.41, 5.74) is 0.162. The Kier molecular flexibility index (Phi) is 5.08. The Balaban J connectivity index is 2.38. The molecule has 0 radical (unpaired) electrons. The summed E-state index contributed by atoms with van der Waals surface area (Å²) in [6, 6.07) is 4.63. The van der Waals surface area contributed by atoms with Gasteiger partial charge < -0.3 is 24.3 Å². The zero-order valence-corrected chi connectivity index (χ0v) is 14.6. The second-order valence-corrected chi connectivity index (χ2v) is 6.77. The van der Waals surface area contributed by atoms with Gasteiger partial charge in [-0.1, -0.05) is 6.08 Å². The number of aliphatic hydroxyl groups is 1. The average molecular weight is 334 g/mol. The quantitative estimate of drug-likeness (QED) is 0.805. The molecule has 1 saturated heterocycles. The van der Waals surface area contributed by atoms with Gasteiger partial charge in [0.05, 0.1) is 30.5 Å². The third-order valence-corrected chi connectivity index (χ3v) is 4.50. The van der Waals surface area contributed by atoms with Gasteiger partial charge in [0.25, 0.3) is 0 Å². The smallest absolute Gasteiger partial charge is 0.492 e. The Morgan fingerprint density at radius 1 is 1.21 bits per heavy atom. The summed E-state index contributed by atoms with van der Waals surface area (Å²) in [4.78, 5) is 11.2. The molecule has 6 nitrogen and oxygen atoms in total. The highest BCUT2D eigenvalue weighted by Crippen LogP contribution is 2.38. The SMILES string of the molecule is COc1cc(C=C(CO)B2OC(C)(C)C(C)(C)O2)cc(C(=O)O)c1. The van der Waals surface area contributed by atoms with Crippen LogP contribution in [0.1, 0.15) is 43.6 Å². The van der Waals surface area contributed by atoms with Gasteiger partial charge >= 0.3 is 13.1 Å². The van der Waals surface area contributed by atoms with Crippen molar-refractivity contribution in [2.24, 2.45) is 0 Å². The first kappa shape index (κ1) is 18.5. The number of carboxylic acids is 1. The molecule has 0 unspecified atom stereocenters. The van der Waals surface area contributed by atoms with Crippen LogP contribution in [0.15, 0.2) is 23.7 Å². The van der Waals surface area contributed by atoms with E-state index >= 15 is 0 Å². The molecule has 24 heavy (non-hydrogen) atoms. The summed E-state index contributed by atoms with van der Waals surface area (Å²) in [5, 5.41) is 18.9. The number of rotatable bonds is 5. The lowest BCUT2D eigenvalue weighted by molar-refractivity contribution is 0.00578. The fourth-order valence-corrected chi connectivity index (χ4v) is 2.34. The van der Waals surface area contributed by atoms with E-state index in [1.54, 1.807) is 12.1 Å². The number of ether oxygens (including phenoxy) is 1. The molecule has 0 bridgehead atoms. The van der Waals surface area contributed by atoms with Gasteiger partial charge in [0.15, 0.2) is 0 Å². The van der Waals surface area contributed by atoms with E-state index in [4.69, 9.17) is 14.0 Å². The van der Waals surface area contributed by atoms with E-state index in [1.165, 1.54) is 19.2 Å². The van der Waals surface area contributed by atoms with Crippen LogP contribution in [0.4, 0.5) is 0 Å². The van der Waals surface area contributed by atoms with Gasteiger partial charge in [-0.05, 0) is 56.9 Å². The van der Waals surface area contributed by atoms with Gasteiger partial charge in [0, 0.05) is 0 Å². The van der Waals surface area contributed by atoms with Crippen LogP contribution in [0.3, 0.4) is 0 Å². The van der Waals surface area contributed by atoms with Gasteiger partial charge in [-0.25, -0.2) is 4.79 Å². The normalized spacial score (nSPS) is 19.4. The van der Waals surface area contributed by atoms with Crippen LogP contribution in [0.2, 0.25) is 0 Å². The first-order valence-corrected chi connectivity index (χ1v) is 7.69. The number of benzene rings is 1. The lowest BCUT2D eigenvalue weighted by Crippen LogP contribution is -2.41. The molecule has 2 rings (SSSR count). The first-order valence-electron chi connectivity index (χ1n) is 7.69. The molecule has 1 aromatic carbocycles. The number of hydrogen-bond acceptors (Lipinski definition) is 5. The summed E-state index contributed by atoms with van der Waals surface area (Å²) < 4.78 is 17.0. The summed E-state index contributed by atoms with van der Waals surface area (Å²) in [7, 11) is 0.773. The van der Waals surface area contributed by atoms with Crippen LogP contribution in [-0.2, 0) is 9.31 Å². The second-order valence-electron chi connectivity index (χ2n) is 6.77. The molecule has 1 heterocycles. The predicted octanol–water partition coefficient (Wildman–Crippen LogP) is 2.40. The number of aromatic carboxylic acids is 1. The van der Waals surface area contributed by atoms with Crippen LogP contribution in [0.25, 0.3) is 6.08 Å². The van der Waals surface area contributed by atoms with E-state index in [-0.39, 0.29) is 12.2 Å². The van der Waals surface area contributed by atoms with E-state index in [1.807, 2.05) is 27.7 Å². The minimum absolute atomic E-state index is 0.104. The Bertz CT molecular complexity index is 649. The van der Waals surface area contributed by atoms with Gasteiger partial charge in [-0.3, -0.25) is 0 Å². The van der Waals surface area contributed by atoms with E-state index < -0.39 is 24.3 Å². The van der Waals surface area contributed by atoms with Crippen LogP contribution in [0, 0.1) is 0 Å². The molecule has 7 heteroatoms. The monoisotopic (exact) mass is 334 g/mol. The maximum atomic E-state index is 11.2. The Morgan fingerprint density at radius 2 is 1.79 bits per heavy atom. The van der Waals surface area contributed by atoms with Crippen LogP contribution < -0.4 is 4.74 Å². The maximum Gasteiger partial charge on any atom is 0.492 e. The number of methoxy groups -OCH3 is 1. The van der Waals surface area contributed by atoms with Crippen molar-refractivity contribution in [2.45, 2.75) is 38.9 Å². The van der Waals surface area contributed by atoms with Crippen molar-refractivity contribution in [1.29, 1.82) is 0 Å². The summed E-state index contributed by atoms with van der Waals surface area (Å²) in [5.74, 6) is -0.628. The van der Waals surface area contributed by atoms with Crippen molar-refractivity contribution in [1.82, 2.24) is 0 Å². The molecular weight excluding hydrogens is 311 g/mol. The molecule has 1 aliphatic heterocycles. The van der Waals surface area contributed by atoms with Crippen LogP contribution in [-0.4, -0.2) is 48.2 Å². The standard InChI is InChI=1S/C17H23BO6/c1-16(2)17(3,4)24-18(23-16)13(10-19)7-11-6-12(15(20)21)9-14(8-11)22-5/h6-9,19H,10H2,1-5H3,(H,20,21).